The van der Waals surface area contributed by atoms with E-state index in [4.69, 9.17) is 21.6 Å². The number of nitrogens with zero attached hydrogens (tertiary/aromatic N) is 2. The number of halogens is 1. The normalized spacial score (nSPS) is 23.3. The van der Waals surface area contributed by atoms with E-state index in [9.17, 15) is 0 Å². The molecule has 0 aromatic heterocycles. The molecule has 1 rings (SSSR count). The third kappa shape index (κ3) is 4.28. The fourth-order valence-corrected chi connectivity index (χ4v) is 1.78. The maximum Gasteiger partial charge on any atom is 0.156 e. The highest BCUT2D eigenvalue weighted by Gasteiger charge is 2.18. The summed E-state index contributed by atoms with van der Waals surface area (Å²) in [5.41, 5.74) is 0. The van der Waals surface area contributed by atoms with E-state index in [1.165, 1.54) is 12.8 Å². The van der Waals surface area contributed by atoms with Crippen LogP contribution < -0.4 is 0 Å². The van der Waals surface area contributed by atoms with Crippen LogP contribution in [0.25, 0.3) is 0 Å². The summed E-state index contributed by atoms with van der Waals surface area (Å²) in [5.74, 6) is 0.754. The standard InChI is InChI=1S/C10H17ClN2O/c11-4-2-1-3-5-13-6-7-14-10(8-12)9-13/h10H,1-7,9H2. The number of nitriles is 1. The van der Waals surface area contributed by atoms with Crippen molar-refractivity contribution in [2.45, 2.75) is 25.4 Å². The van der Waals surface area contributed by atoms with Crippen molar-refractivity contribution in [1.29, 1.82) is 5.26 Å². The van der Waals surface area contributed by atoms with E-state index in [1.807, 2.05) is 0 Å². The minimum Gasteiger partial charge on any atom is -0.361 e. The van der Waals surface area contributed by atoms with Gasteiger partial charge in [-0.1, -0.05) is 6.42 Å². The van der Waals surface area contributed by atoms with Gasteiger partial charge in [0.25, 0.3) is 0 Å². The van der Waals surface area contributed by atoms with Gasteiger partial charge in [-0.3, -0.25) is 4.90 Å². The Bertz CT molecular complexity index is 193. The lowest BCUT2D eigenvalue weighted by Gasteiger charge is -2.29. The van der Waals surface area contributed by atoms with Crippen LogP contribution in [0.15, 0.2) is 0 Å². The van der Waals surface area contributed by atoms with Gasteiger partial charge in [-0.05, 0) is 19.4 Å². The van der Waals surface area contributed by atoms with Gasteiger partial charge in [-0.15, -0.1) is 11.6 Å². The van der Waals surface area contributed by atoms with Gasteiger partial charge in [0, 0.05) is 19.0 Å². The average Bonchev–Trinajstić information content (AvgIpc) is 2.25. The van der Waals surface area contributed by atoms with E-state index in [-0.39, 0.29) is 6.10 Å². The molecule has 1 unspecified atom stereocenters. The Morgan fingerprint density at radius 1 is 1.43 bits per heavy atom. The number of hydrogen-bond donors (Lipinski definition) is 0. The third-order valence-corrected chi connectivity index (χ3v) is 2.67. The lowest BCUT2D eigenvalue weighted by molar-refractivity contribution is 0.0000793. The highest BCUT2D eigenvalue weighted by molar-refractivity contribution is 6.17. The number of morpholine rings is 1. The van der Waals surface area contributed by atoms with E-state index in [0.717, 1.165) is 31.9 Å². The van der Waals surface area contributed by atoms with Gasteiger partial charge in [0.1, 0.15) is 0 Å². The third-order valence-electron chi connectivity index (χ3n) is 2.40. The number of alkyl halides is 1. The van der Waals surface area contributed by atoms with Crippen molar-refractivity contribution in [3.63, 3.8) is 0 Å². The van der Waals surface area contributed by atoms with Crippen LogP contribution in [0.4, 0.5) is 0 Å². The maximum absolute atomic E-state index is 8.70. The average molecular weight is 217 g/mol. The Labute approximate surface area is 90.6 Å². The topological polar surface area (TPSA) is 36.3 Å². The van der Waals surface area contributed by atoms with Gasteiger partial charge < -0.3 is 4.74 Å². The van der Waals surface area contributed by atoms with Crippen molar-refractivity contribution >= 4 is 11.6 Å². The molecule has 1 fully saturated rings. The summed E-state index contributed by atoms with van der Waals surface area (Å²) in [7, 11) is 0. The molecular weight excluding hydrogens is 200 g/mol. The summed E-state index contributed by atoms with van der Waals surface area (Å²) in [5, 5.41) is 8.70. The Kier molecular flexibility index (Phi) is 5.93. The Hall–Kier alpha value is -0.300. The van der Waals surface area contributed by atoms with E-state index in [1.54, 1.807) is 0 Å². The van der Waals surface area contributed by atoms with E-state index in [0.29, 0.717) is 6.61 Å². The summed E-state index contributed by atoms with van der Waals surface area (Å²) >= 11 is 5.59. The van der Waals surface area contributed by atoms with Crippen LogP contribution >= 0.6 is 11.6 Å². The first-order chi connectivity index (χ1) is 6.86. The van der Waals surface area contributed by atoms with Gasteiger partial charge in [0.05, 0.1) is 12.7 Å². The molecular formula is C10H17ClN2O. The SMILES string of the molecule is N#CC1CN(CCCCCCl)CCO1. The minimum absolute atomic E-state index is 0.225. The van der Waals surface area contributed by atoms with E-state index in [2.05, 4.69) is 11.0 Å². The first kappa shape index (κ1) is 11.8. The van der Waals surface area contributed by atoms with Gasteiger partial charge in [-0.25, -0.2) is 0 Å². The Balaban J connectivity index is 2.09. The highest BCUT2D eigenvalue weighted by Crippen LogP contribution is 2.06. The zero-order valence-electron chi connectivity index (χ0n) is 8.41. The molecule has 1 heterocycles. The number of ether oxygens (including phenoxy) is 1. The van der Waals surface area contributed by atoms with Crippen LogP contribution in [0.1, 0.15) is 19.3 Å². The van der Waals surface area contributed by atoms with Crippen LogP contribution in [0.3, 0.4) is 0 Å². The fraction of sp³-hybridized carbons (Fsp3) is 0.900. The molecule has 0 N–H and O–H groups in total. The van der Waals surface area contributed by atoms with E-state index < -0.39 is 0 Å². The summed E-state index contributed by atoms with van der Waals surface area (Å²) in [6.07, 6.45) is 3.22. The monoisotopic (exact) mass is 216 g/mol. The predicted molar refractivity (Wildman–Crippen MR) is 56.4 cm³/mol. The molecule has 0 radical (unpaired) electrons. The first-order valence-electron chi connectivity index (χ1n) is 5.16. The second-order valence-corrected chi connectivity index (χ2v) is 3.92. The van der Waals surface area contributed by atoms with Crippen molar-refractivity contribution < 1.29 is 4.74 Å². The van der Waals surface area contributed by atoms with Crippen LogP contribution in [-0.2, 0) is 4.74 Å². The Morgan fingerprint density at radius 2 is 2.29 bits per heavy atom. The summed E-state index contributed by atoms with van der Waals surface area (Å²) in [6.45, 7) is 3.47. The number of rotatable bonds is 5. The summed E-state index contributed by atoms with van der Waals surface area (Å²) in [4.78, 5) is 2.30. The van der Waals surface area contributed by atoms with Crippen molar-refractivity contribution in [3.8, 4) is 6.07 Å². The second-order valence-electron chi connectivity index (χ2n) is 3.54. The smallest absolute Gasteiger partial charge is 0.156 e. The van der Waals surface area contributed by atoms with Crippen LogP contribution in [0.5, 0.6) is 0 Å². The molecule has 0 saturated carbocycles. The predicted octanol–water partition coefficient (Wildman–Crippen LogP) is 1.62. The molecule has 1 saturated heterocycles. The van der Waals surface area contributed by atoms with Crippen molar-refractivity contribution in [1.82, 2.24) is 4.90 Å². The summed E-state index contributed by atoms with van der Waals surface area (Å²) in [6, 6.07) is 2.15. The van der Waals surface area contributed by atoms with E-state index >= 15 is 0 Å². The van der Waals surface area contributed by atoms with Gasteiger partial charge in [-0.2, -0.15) is 5.26 Å². The molecule has 0 aromatic carbocycles. The molecule has 0 spiro atoms. The first-order valence-corrected chi connectivity index (χ1v) is 5.70. The molecule has 14 heavy (non-hydrogen) atoms. The molecule has 0 amide bonds. The highest BCUT2D eigenvalue weighted by atomic mass is 35.5. The van der Waals surface area contributed by atoms with Gasteiger partial charge in [0.15, 0.2) is 6.10 Å². The van der Waals surface area contributed by atoms with Crippen molar-refractivity contribution in [3.05, 3.63) is 0 Å². The molecule has 3 nitrogen and oxygen atoms in total. The van der Waals surface area contributed by atoms with Crippen molar-refractivity contribution in [2.24, 2.45) is 0 Å². The van der Waals surface area contributed by atoms with Crippen LogP contribution in [-0.4, -0.2) is 43.1 Å². The molecule has 0 aliphatic carbocycles. The fourth-order valence-electron chi connectivity index (χ4n) is 1.59. The maximum atomic E-state index is 8.70. The van der Waals surface area contributed by atoms with Crippen LogP contribution in [0, 0.1) is 11.3 Å². The molecule has 0 bridgehead atoms. The second kappa shape index (κ2) is 7.05. The molecule has 4 heteroatoms. The molecule has 1 atom stereocenters. The van der Waals surface area contributed by atoms with Gasteiger partial charge >= 0.3 is 0 Å². The van der Waals surface area contributed by atoms with Crippen molar-refractivity contribution in [2.75, 3.05) is 32.1 Å². The quantitative estimate of drug-likeness (QED) is 0.518. The summed E-state index contributed by atoms with van der Waals surface area (Å²) < 4.78 is 5.26. The number of hydrogen-bond acceptors (Lipinski definition) is 3. The zero-order valence-corrected chi connectivity index (χ0v) is 9.17. The molecule has 0 aromatic rings. The Morgan fingerprint density at radius 3 is 3.00 bits per heavy atom. The minimum atomic E-state index is -0.225. The molecule has 80 valence electrons. The van der Waals surface area contributed by atoms with Crippen LogP contribution in [0.2, 0.25) is 0 Å². The lowest BCUT2D eigenvalue weighted by Crippen LogP contribution is -2.42. The lowest BCUT2D eigenvalue weighted by atomic mass is 10.2. The number of unbranched alkanes of at least 4 members (excludes halogenated alkanes) is 2. The largest absolute Gasteiger partial charge is 0.361 e. The molecule has 1 aliphatic heterocycles. The molecule has 1 aliphatic rings. The van der Waals surface area contributed by atoms with Gasteiger partial charge in [0.2, 0.25) is 0 Å². The zero-order chi connectivity index (χ0) is 10.2.